The third-order valence-corrected chi connectivity index (χ3v) is 4.54. The molecule has 0 saturated heterocycles. The highest BCUT2D eigenvalue weighted by Gasteiger charge is 2.28. The van der Waals surface area contributed by atoms with E-state index in [1.54, 1.807) is 6.07 Å². The van der Waals surface area contributed by atoms with Crippen LogP contribution in [-0.4, -0.2) is 40.7 Å². The number of halogens is 1. The second-order valence-electron chi connectivity index (χ2n) is 6.26. The smallest absolute Gasteiger partial charge is 0.141 e. The Labute approximate surface area is 126 Å². The average molecular weight is 295 g/mol. The summed E-state index contributed by atoms with van der Waals surface area (Å²) in [4.78, 5) is 6.27. The Kier molecular flexibility index (Phi) is 5.67. The molecule has 0 amide bonds. The Morgan fingerprint density at radius 2 is 2.14 bits per heavy atom. The summed E-state index contributed by atoms with van der Waals surface area (Å²) < 4.78 is 12.9. The van der Waals surface area contributed by atoms with Crippen molar-refractivity contribution < 1.29 is 9.50 Å². The predicted molar refractivity (Wildman–Crippen MR) is 81.2 cm³/mol. The van der Waals surface area contributed by atoms with Gasteiger partial charge in [0.1, 0.15) is 5.82 Å². The van der Waals surface area contributed by atoms with Crippen molar-refractivity contribution in [1.82, 2.24) is 9.88 Å². The molecule has 2 rings (SSSR count). The van der Waals surface area contributed by atoms with Gasteiger partial charge in [0.2, 0.25) is 0 Å². The van der Waals surface area contributed by atoms with Crippen molar-refractivity contribution >= 4 is 0 Å². The van der Waals surface area contributed by atoms with Gasteiger partial charge >= 0.3 is 0 Å². The van der Waals surface area contributed by atoms with Crippen LogP contribution >= 0.6 is 0 Å². The van der Waals surface area contributed by atoms with Crippen LogP contribution in [0.1, 0.15) is 44.3 Å². The number of rotatable bonds is 5. The Bertz CT molecular complexity index is 440. The van der Waals surface area contributed by atoms with Crippen LogP contribution in [0.15, 0.2) is 18.3 Å². The van der Waals surface area contributed by atoms with Crippen LogP contribution in [0.2, 0.25) is 0 Å². The Morgan fingerprint density at radius 3 is 2.76 bits per heavy atom. The van der Waals surface area contributed by atoms with Gasteiger partial charge in [-0.2, -0.15) is 0 Å². The molecule has 1 aliphatic carbocycles. The minimum atomic E-state index is -0.346. The van der Waals surface area contributed by atoms with Crippen LogP contribution in [0.5, 0.6) is 0 Å². The number of aromatic nitrogens is 1. The Hall–Kier alpha value is -1.04. The largest absolute Gasteiger partial charge is 0.391 e. The number of hydrogen-bond donors (Lipinski definition) is 2. The second kappa shape index (κ2) is 7.29. The zero-order chi connectivity index (χ0) is 15.4. The van der Waals surface area contributed by atoms with Crippen LogP contribution in [0.4, 0.5) is 4.39 Å². The SMILES string of the molecule is CC(CN(C)C1CCCCC1O)C(N)c1ccc(F)cn1. The fraction of sp³-hybridized carbons (Fsp3) is 0.688. The van der Waals surface area contributed by atoms with Crippen molar-refractivity contribution in [2.75, 3.05) is 13.6 Å². The third-order valence-electron chi connectivity index (χ3n) is 4.54. The molecule has 0 aliphatic heterocycles. The lowest BCUT2D eigenvalue weighted by Gasteiger charge is -2.37. The van der Waals surface area contributed by atoms with Crippen molar-refractivity contribution in [2.45, 2.75) is 50.8 Å². The van der Waals surface area contributed by atoms with Crippen LogP contribution in [0.25, 0.3) is 0 Å². The minimum Gasteiger partial charge on any atom is -0.391 e. The topological polar surface area (TPSA) is 62.4 Å². The van der Waals surface area contributed by atoms with Crippen molar-refractivity contribution in [3.63, 3.8) is 0 Å². The monoisotopic (exact) mass is 295 g/mol. The van der Waals surface area contributed by atoms with Gasteiger partial charge in [0.25, 0.3) is 0 Å². The van der Waals surface area contributed by atoms with Gasteiger partial charge in [-0.15, -0.1) is 0 Å². The molecule has 3 N–H and O–H groups in total. The fourth-order valence-electron chi connectivity index (χ4n) is 3.19. The molecule has 1 aliphatic rings. The first-order valence-electron chi connectivity index (χ1n) is 7.74. The van der Waals surface area contributed by atoms with Gasteiger partial charge in [0.15, 0.2) is 0 Å². The first-order chi connectivity index (χ1) is 9.99. The molecule has 1 saturated carbocycles. The summed E-state index contributed by atoms with van der Waals surface area (Å²) in [5.41, 5.74) is 6.94. The van der Waals surface area contributed by atoms with Crippen molar-refractivity contribution in [2.24, 2.45) is 11.7 Å². The molecule has 4 atom stereocenters. The Morgan fingerprint density at radius 1 is 1.43 bits per heavy atom. The van der Waals surface area contributed by atoms with E-state index in [0.717, 1.165) is 25.8 Å². The number of nitrogens with two attached hydrogens (primary N) is 1. The number of likely N-dealkylation sites (N-methyl/N-ethyl adjacent to an activating group) is 1. The van der Waals surface area contributed by atoms with Crippen LogP contribution in [0, 0.1) is 11.7 Å². The van der Waals surface area contributed by atoms with Gasteiger partial charge < -0.3 is 15.7 Å². The lowest BCUT2D eigenvalue weighted by Crippen LogP contribution is -2.46. The quantitative estimate of drug-likeness (QED) is 0.873. The molecule has 1 aromatic rings. The van der Waals surface area contributed by atoms with Crippen molar-refractivity contribution in [3.8, 4) is 0 Å². The molecule has 1 heterocycles. The number of pyridine rings is 1. The summed E-state index contributed by atoms with van der Waals surface area (Å²) in [6.45, 7) is 2.86. The Balaban J connectivity index is 1.93. The molecule has 1 aromatic heterocycles. The minimum absolute atomic E-state index is 0.182. The fourth-order valence-corrected chi connectivity index (χ4v) is 3.19. The molecule has 21 heavy (non-hydrogen) atoms. The number of aliphatic hydroxyl groups excluding tert-OH is 1. The van der Waals surface area contributed by atoms with E-state index in [1.807, 2.05) is 7.05 Å². The first-order valence-corrected chi connectivity index (χ1v) is 7.74. The summed E-state index contributed by atoms with van der Waals surface area (Å²) in [6, 6.07) is 3.03. The van der Waals surface area contributed by atoms with Crippen LogP contribution in [0.3, 0.4) is 0 Å². The van der Waals surface area contributed by atoms with E-state index in [4.69, 9.17) is 5.73 Å². The molecule has 1 fully saturated rings. The maximum atomic E-state index is 12.9. The molecule has 4 unspecified atom stereocenters. The van der Waals surface area contributed by atoms with E-state index in [9.17, 15) is 9.50 Å². The number of aliphatic hydroxyl groups is 1. The van der Waals surface area contributed by atoms with Gasteiger partial charge in [-0.25, -0.2) is 4.39 Å². The van der Waals surface area contributed by atoms with E-state index in [2.05, 4.69) is 16.8 Å². The van der Waals surface area contributed by atoms with Crippen LogP contribution in [-0.2, 0) is 0 Å². The maximum absolute atomic E-state index is 12.9. The maximum Gasteiger partial charge on any atom is 0.141 e. The predicted octanol–water partition coefficient (Wildman–Crippen LogP) is 2.09. The number of nitrogens with zero attached hydrogens (tertiary/aromatic N) is 2. The molecule has 0 radical (unpaired) electrons. The molecule has 118 valence electrons. The average Bonchev–Trinajstić information content (AvgIpc) is 2.47. The summed E-state index contributed by atoms with van der Waals surface area (Å²) in [5, 5.41) is 10.1. The van der Waals surface area contributed by atoms with Crippen molar-refractivity contribution in [1.29, 1.82) is 0 Å². The van der Waals surface area contributed by atoms with Crippen molar-refractivity contribution in [3.05, 3.63) is 29.8 Å². The van der Waals surface area contributed by atoms with Gasteiger partial charge in [0.05, 0.1) is 24.0 Å². The highest BCUT2D eigenvalue weighted by atomic mass is 19.1. The first kappa shape index (κ1) is 16.3. The standard InChI is InChI=1S/C16H26FN3O/c1-11(16(18)13-8-7-12(17)9-19-13)10-20(2)14-5-3-4-6-15(14)21/h7-9,11,14-16,21H,3-6,10,18H2,1-2H3. The van der Waals surface area contributed by atoms with Gasteiger partial charge in [-0.3, -0.25) is 4.98 Å². The molecular formula is C16H26FN3O. The highest BCUT2D eigenvalue weighted by molar-refractivity contribution is 5.10. The molecule has 0 spiro atoms. The van der Waals surface area contributed by atoms with E-state index in [0.29, 0.717) is 5.69 Å². The van der Waals surface area contributed by atoms with Gasteiger partial charge in [0, 0.05) is 12.6 Å². The summed E-state index contributed by atoms with van der Waals surface area (Å²) in [6.07, 6.45) is 5.17. The zero-order valence-electron chi connectivity index (χ0n) is 12.9. The summed E-state index contributed by atoms with van der Waals surface area (Å²) in [5.74, 6) is -0.164. The molecule has 5 heteroatoms. The molecule has 0 bridgehead atoms. The van der Waals surface area contributed by atoms with E-state index in [1.165, 1.54) is 18.7 Å². The van der Waals surface area contributed by atoms with Gasteiger partial charge in [-0.05, 0) is 37.9 Å². The van der Waals surface area contributed by atoms with Crippen LogP contribution < -0.4 is 5.73 Å². The van der Waals surface area contributed by atoms with Gasteiger partial charge in [-0.1, -0.05) is 19.8 Å². The van der Waals surface area contributed by atoms with E-state index in [-0.39, 0.29) is 29.9 Å². The second-order valence-corrected chi connectivity index (χ2v) is 6.26. The normalized spacial score (nSPS) is 25.8. The molecule has 0 aromatic carbocycles. The zero-order valence-corrected chi connectivity index (χ0v) is 12.9. The van der Waals surface area contributed by atoms with E-state index < -0.39 is 0 Å². The van der Waals surface area contributed by atoms with E-state index >= 15 is 0 Å². The highest BCUT2D eigenvalue weighted by Crippen LogP contribution is 2.25. The third kappa shape index (κ3) is 4.22. The summed E-state index contributed by atoms with van der Waals surface area (Å²) in [7, 11) is 2.04. The number of hydrogen-bond acceptors (Lipinski definition) is 4. The molecule has 4 nitrogen and oxygen atoms in total. The lowest BCUT2D eigenvalue weighted by molar-refractivity contribution is 0.0251. The summed E-state index contributed by atoms with van der Waals surface area (Å²) >= 11 is 0. The lowest BCUT2D eigenvalue weighted by atomic mass is 9.90. The molecular weight excluding hydrogens is 269 g/mol.